The van der Waals surface area contributed by atoms with Crippen LogP contribution in [0.2, 0.25) is 0 Å². The normalized spacial score (nSPS) is 14.1. The number of anilines is 3. The lowest BCUT2D eigenvalue weighted by atomic mass is 9.65. The Morgan fingerprint density at radius 1 is 0.276 bits per heavy atom. The number of hydrogen-bond acceptors (Lipinski definition) is 1. The average Bonchev–Trinajstić information content (AvgIpc) is 4.02. The van der Waals surface area contributed by atoms with Gasteiger partial charge in [-0.15, -0.1) is 0 Å². The predicted molar refractivity (Wildman–Crippen MR) is 317 cm³/mol. The SMILES string of the molecule is c1ccc(-c2ccccc2-c2ccccc2N(c2ccc(-c3ccc4c5ccccc5n(-c5ccccc5)c4c3)cc2)c2ccc3c(c2)C2(c4ccccc4-3)c3ccccc3-n3c4ccccc4c4cccc2c43)cc1. The number of hydrogen-bond donors (Lipinski definition) is 0. The van der Waals surface area contributed by atoms with E-state index in [-0.39, 0.29) is 0 Å². The minimum absolute atomic E-state index is 0.599. The van der Waals surface area contributed by atoms with Crippen LogP contribution in [0.15, 0.2) is 285 Å². The molecule has 3 heteroatoms. The van der Waals surface area contributed by atoms with Crippen LogP contribution in [0, 0.1) is 0 Å². The maximum Gasteiger partial charge on any atom is 0.0755 e. The van der Waals surface area contributed by atoms with Gasteiger partial charge in [0.05, 0.1) is 38.9 Å². The highest BCUT2D eigenvalue weighted by Crippen LogP contribution is 2.62. The maximum atomic E-state index is 2.53. The van der Waals surface area contributed by atoms with Gasteiger partial charge in [0.15, 0.2) is 0 Å². The van der Waals surface area contributed by atoms with E-state index in [1.54, 1.807) is 0 Å². The van der Waals surface area contributed by atoms with Crippen LogP contribution in [-0.4, -0.2) is 9.13 Å². The van der Waals surface area contributed by atoms with Crippen LogP contribution in [0.4, 0.5) is 17.1 Å². The number of rotatable bonds is 7. The summed E-state index contributed by atoms with van der Waals surface area (Å²) in [6, 6.07) is 106. The molecule has 0 amide bonds. The fourth-order valence-electron chi connectivity index (χ4n) is 13.4. The van der Waals surface area contributed by atoms with E-state index in [1.165, 1.54) is 105 Å². The van der Waals surface area contributed by atoms with E-state index < -0.39 is 5.41 Å². The summed E-state index contributed by atoms with van der Waals surface area (Å²) in [5.74, 6) is 0. The Morgan fingerprint density at radius 2 is 0.829 bits per heavy atom. The molecular formula is C73H47N3. The zero-order chi connectivity index (χ0) is 49.9. The largest absolute Gasteiger partial charge is 0.310 e. The molecule has 3 nitrogen and oxygen atoms in total. The highest BCUT2D eigenvalue weighted by Gasteiger charge is 2.51. The van der Waals surface area contributed by atoms with Crippen LogP contribution < -0.4 is 4.90 Å². The summed E-state index contributed by atoms with van der Waals surface area (Å²) in [5, 5.41) is 5.04. The predicted octanol–water partition coefficient (Wildman–Crippen LogP) is 19.0. The molecule has 76 heavy (non-hydrogen) atoms. The van der Waals surface area contributed by atoms with Gasteiger partial charge in [-0.3, -0.25) is 0 Å². The van der Waals surface area contributed by atoms with Crippen LogP contribution in [0.5, 0.6) is 0 Å². The van der Waals surface area contributed by atoms with E-state index in [0.717, 1.165) is 33.9 Å². The third-order valence-electron chi connectivity index (χ3n) is 16.5. The fourth-order valence-corrected chi connectivity index (χ4v) is 13.4. The molecule has 0 radical (unpaired) electrons. The molecule has 12 aromatic carbocycles. The van der Waals surface area contributed by atoms with E-state index in [2.05, 4.69) is 299 Å². The number of fused-ring (bicyclic) bond motifs is 15. The van der Waals surface area contributed by atoms with Crippen molar-refractivity contribution in [2.45, 2.75) is 5.41 Å². The first kappa shape index (κ1) is 42.5. The third kappa shape index (κ3) is 5.99. The second-order valence-electron chi connectivity index (χ2n) is 20.3. The summed E-state index contributed by atoms with van der Waals surface area (Å²) < 4.78 is 4.93. The zero-order valence-corrected chi connectivity index (χ0v) is 41.5. The Bertz CT molecular complexity index is 4640. The van der Waals surface area contributed by atoms with Crippen molar-refractivity contribution >= 4 is 60.7 Å². The molecule has 1 spiro atoms. The average molecular weight is 966 g/mol. The van der Waals surface area contributed by atoms with Gasteiger partial charge in [0.2, 0.25) is 0 Å². The van der Waals surface area contributed by atoms with E-state index in [0.29, 0.717) is 0 Å². The van der Waals surface area contributed by atoms with Gasteiger partial charge >= 0.3 is 0 Å². The van der Waals surface area contributed by atoms with E-state index in [1.807, 2.05) is 0 Å². The molecule has 1 atom stereocenters. The summed E-state index contributed by atoms with van der Waals surface area (Å²) in [4.78, 5) is 2.50. The lowest BCUT2D eigenvalue weighted by Gasteiger charge is -2.40. The Balaban J connectivity index is 0.929. The van der Waals surface area contributed by atoms with Gasteiger partial charge in [0.1, 0.15) is 0 Å². The van der Waals surface area contributed by atoms with Crippen LogP contribution in [0.25, 0.3) is 99.5 Å². The smallest absolute Gasteiger partial charge is 0.0755 e. The molecule has 16 rings (SSSR count). The summed E-state index contributed by atoms with van der Waals surface area (Å²) in [6.45, 7) is 0. The summed E-state index contributed by atoms with van der Waals surface area (Å²) in [6.07, 6.45) is 0. The molecule has 14 aromatic rings. The second kappa shape index (κ2) is 16.5. The van der Waals surface area contributed by atoms with Gasteiger partial charge < -0.3 is 14.0 Å². The minimum atomic E-state index is -0.599. The molecule has 354 valence electrons. The van der Waals surface area contributed by atoms with Crippen molar-refractivity contribution < 1.29 is 0 Å². The Morgan fingerprint density at radius 3 is 1.63 bits per heavy atom. The van der Waals surface area contributed by atoms with Crippen molar-refractivity contribution in [3.63, 3.8) is 0 Å². The first-order chi connectivity index (χ1) is 37.7. The molecule has 2 aliphatic rings. The standard InChI is InChI=1S/C73H47N3/c1-3-20-49(21-4-1)54-24-7-8-25-55(54)58-27-10-15-34-67(58)74(52-41-38-48(39-42-52)50-40-44-61-59-28-11-16-35-68(59)75(71(61)46-50)51-22-5-2-6-23-51)53-43-45-57-56-26-9-13-31-63(56)73(66(57)47-53)64-32-14-18-37-70(64)76-69-36-17-12-29-60(69)62-30-19-33-65(73)72(62)76/h1-47H. The quantitative estimate of drug-likeness (QED) is 0.155. The van der Waals surface area contributed by atoms with E-state index >= 15 is 0 Å². The van der Waals surface area contributed by atoms with Crippen LogP contribution in [-0.2, 0) is 5.41 Å². The molecule has 1 aliphatic heterocycles. The topological polar surface area (TPSA) is 13.1 Å². The lowest BCUT2D eigenvalue weighted by molar-refractivity contribution is 0.748. The van der Waals surface area contributed by atoms with Gasteiger partial charge in [-0.1, -0.05) is 218 Å². The van der Waals surface area contributed by atoms with Gasteiger partial charge in [-0.2, -0.15) is 0 Å². The molecule has 3 heterocycles. The summed E-state index contributed by atoms with van der Waals surface area (Å²) in [7, 11) is 0. The number of para-hydroxylation sites is 6. The van der Waals surface area contributed by atoms with Crippen molar-refractivity contribution in [3.05, 3.63) is 307 Å². The minimum Gasteiger partial charge on any atom is -0.310 e. The van der Waals surface area contributed by atoms with Crippen molar-refractivity contribution in [1.82, 2.24) is 9.13 Å². The van der Waals surface area contributed by atoms with Crippen LogP contribution >= 0.6 is 0 Å². The summed E-state index contributed by atoms with van der Waals surface area (Å²) >= 11 is 0. The highest BCUT2D eigenvalue weighted by atomic mass is 15.1. The lowest BCUT2D eigenvalue weighted by Crippen LogP contribution is -2.33. The van der Waals surface area contributed by atoms with Crippen LogP contribution in [0.1, 0.15) is 22.3 Å². The zero-order valence-electron chi connectivity index (χ0n) is 41.5. The molecule has 0 N–H and O–H groups in total. The van der Waals surface area contributed by atoms with Crippen molar-refractivity contribution in [2.75, 3.05) is 4.90 Å². The summed E-state index contributed by atoms with van der Waals surface area (Å²) in [5.41, 5.74) is 24.7. The monoisotopic (exact) mass is 965 g/mol. The molecule has 0 bridgehead atoms. The first-order valence-corrected chi connectivity index (χ1v) is 26.3. The fraction of sp³-hybridized carbons (Fsp3) is 0.0137. The van der Waals surface area contributed by atoms with Gasteiger partial charge in [0, 0.05) is 44.2 Å². The molecular weight excluding hydrogens is 919 g/mol. The molecule has 1 unspecified atom stereocenters. The van der Waals surface area contributed by atoms with Crippen molar-refractivity contribution in [1.29, 1.82) is 0 Å². The highest BCUT2D eigenvalue weighted by molar-refractivity contribution is 6.13. The van der Waals surface area contributed by atoms with Crippen molar-refractivity contribution in [2.24, 2.45) is 0 Å². The molecule has 1 aliphatic carbocycles. The third-order valence-corrected chi connectivity index (χ3v) is 16.5. The van der Waals surface area contributed by atoms with Crippen molar-refractivity contribution in [3.8, 4) is 55.9 Å². The van der Waals surface area contributed by atoms with Gasteiger partial charge in [-0.25, -0.2) is 0 Å². The first-order valence-electron chi connectivity index (χ1n) is 26.3. The number of benzene rings is 12. The van der Waals surface area contributed by atoms with E-state index in [9.17, 15) is 0 Å². The molecule has 0 saturated heterocycles. The van der Waals surface area contributed by atoms with Gasteiger partial charge in [-0.05, 0) is 128 Å². The molecule has 0 saturated carbocycles. The molecule has 2 aromatic heterocycles. The molecule has 0 fully saturated rings. The Labute approximate surface area is 441 Å². The Kier molecular flexibility index (Phi) is 9.25. The van der Waals surface area contributed by atoms with E-state index in [4.69, 9.17) is 0 Å². The maximum absolute atomic E-state index is 2.53. The van der Waals surface area contributed by atoms with Gasteiger partial charge in [0.25, 0.3) is 0 Å². The van der Waals surface area contributed by atoms with Crippen LogP contribution in [0.3, 0.4) is 0 Å². The second-order valence-corrected chi connectivity index (χ2v) is 20.3. The Hall–Kier alpha value is -9.96. The number of nitrogens with zero attached hydrogens (tertiary/aromatic N) is 3. The number of aromatic nitrogens is 2.